The molecule has 0 aliphatic rings. The molecule has 0 aliphatic carbocycles. The zero-order chi connectivity index (χ0) is 17.6. The smallest absolute Gasteiger partial charge is 0.176 e. The van der Waals surface area contributed by atoms with Crippen molar-refractivity contribution in [1.82, 2.24) is 0 Å². The normalized spacial score (nSPS) is 10.3. The molecule has 3 rings (SSSR count). The van der Waals surface area contributed by atoms with Gasteiger partial charge in [-0.1, -0.05) is 29.8 Å². The summed E-state index contributed by atoms with van der Waals surface area (Å²) >= 11 is 6.00. The van der Waals surface area contributed by atoms with E-state index in [2.05, 4.69) is 5.32 Å². The predicted octanol–water partition coefficient (Wildman–Crippen LogP) is 5.46. The predicted molar refractivity (Wildman–Crippen MR) is 100.0 cm³/mol. The van der Waals surface area contributed by atoms with Gasteiger partial charge in [-0.25, -0.2) is 0 Å². The van der Waals surface area contributed by atoms with E-state index in [1.165, 1.54) is 7.11 Å². The summed E-state index contributed by atoms with van der Waals surface area (Å²) in [5.41, 5.74) is 1.85. The number of halogens is 1. The first-order valence-electron chi connectivity index (χ1n) is 7.78. The molecule has 0 bridgehead atoms. The first-order chi connectivity index (χ1) is 12.2. The highest BCUT2D eigenvalue weighted by Gasteiger charge is 2.08. The third kappa shape index (κ3) is 4.37. The van der Waals surface area contributed by atoms with E-state index in [9.17, 15) is 5.11 Å². The van der Waals surface area contributed by atoms with Crippen molar-refractivity contribution in [2.24, 2.45) is 0 Å². The number of hydrogen-bond acceptors (Lipinski definition) is 4. The molecule has 3 aromatic rings. The maximum absolute atomic E-state index is 9.77. The molecule has 25 heavy (non-hydrogen) atoms. The number of nitrogens with one attached hydrogen (secondary N) is 1. The van der Waals surface area contributed by atoms with Crippen LogP contribution in [-0.2, 0) is 6.54 Å². The van der Waals surface area contributed by atoms with Gasteiger partial charge in [-0.15, -0.1) is 0 Å². The molecule has 0 saturated carbocycles. The van der Waals surface area contributed by atoms with Crippen LogP contribution in [-0.4, -0.2) is 12.2 Å². The first kappa shape index (κ1) is 17.0. The summed E-state index contributed by atoms with van der Waals surface area (Å²) in [5.74, 6) is 1.88. The van der Waals surface area contributed by atoms with Crippen molar-refractivity contribution < 1.29 is 14.6 Å². The van der Waals surface area contributed by atoms with Crippen LogP contribution < -0.4 is 14.8 Å². The quantitative estimate of drug-likeness (QED) is 0.616. The monoisotopic (exact) mass is 355 g/mol. The number of benzene rings is 3. The Balaban J connectivity index is 1.63. The van der Waals surface area contributed by atoms with Gasteiger partial charge < -0.3 is 19.9 Å². The highest BCUT2D eigenvalue weighted by Crippen LogP contribution is 2.35. The summed E-state index contributed by atoms with van der Waals surface area (Å²) in [4.78, 5) is 0. The fraction of sp³-hybridized carbons (Fsp3) is 0.100. The van der Waals surface area contributed by atoms with Crippen LogP contribution in [0.5, 0.6) is 23.0 Å². The number of rotatable bonds is 6. The molecule has 0 aromatic heterocycles. The van der Waals surface area contributed by atoms with Gasteiger partial charge in [0.1, 0.15) is 11.5 Å². The number of methoxy groups -OCH3 is 1. The van der Waals surface area contributed by atoms with Crippen LogP contribution in [0, 0.1) is 0 Å². The lowest BCUT2D eigenvalue weighted by atomic mass is 10.2. The second-order valence-electron chi connectivity index (χ2n) is 5.42. The average Bonchev–Trinajstić information content (AvgIpc) is 2.64. The van der Waals surface area contributed by atoms with Crippen molar-refractivity contribution in [2.75, 3.05) is 12.4 Å². The minimum absolute atomic E-state index is 0.0460. The Morgan fingerprint density at radius 2 is 1.64 bits per heavy atom. The summed E-state index contributed by atoms with van der Waals surface area (Å²) in [6.45, 7) is 0.551. The lowest BCUT2D eigenvalue weighted by Gasteiger charge is -2.11. The summed E-state index contributed by atoms with van der Waals surface area (Å²) < 4.78 is 10.9. The Bertz CT molecular complexity index is 836. The number of hydrogen-bond donors (Lipinski definition) is 2. The van der Waals surface area contributed by atoms with E-state index >= 15 is 0 Å². The molecular weight excluding hydrogens is 338 g/mol. The molecule has 0 radical (unpaired) electrons. The maximum atomic E-state index is 9.77. The Kier molecular flexibility index (Phi) is 5.31. The molecule has 0 fully saturated rings. The minimum Gasteiger partial charge on any atom is -0.503 e. The van der Waals surface area contributed by atoms with Crippen LogP contribution in [0.25, 0.3) is 0 Å². The molecule has 5 heteroatoms. The zero-order valence-corrected chi connectivity index (χ0v) is 14.5. The van der Waals surface area contributed by atoms with Gasteiger partial charge in [0.15, 0.2) is 11.5 Å². The molecule has 0 saturated heterocycles. The zero-order valence-electron chi connectivity index (χ0n) is 13.7. The lowest BCUT2D eigenvalue weighted by molar-refractivity contribution is 0.373. The third-order valence-corrected chi connectivity index (χ3v) is 3.93. The second-order valence-corrected chi connectivity index (χ2v) is 5.83. The number of para-hydroxylation sites is 1. The van der Waals surface area contributed by atoms with Crippen molar-refractivity contribution in [2.45, 2.75) is 6.54 Å². The standard InChI is InChI=1S/C20H18ClNO3/c1-24-19-12-14(11-18(21)20(19)23)13-22-15-7-9-17(10-8-15)25-16-5-3-2-4-6-16/h2-12,22-23H,13H2,1H3. The van der Waals surface area contributed by atoms with Crippen molar-refractivity contribution in [3.05, 3.63) is 77.3 Å². The van der Waals surface area contributed by atoms with E-state index in [4.69, 9.17) is 21.1 Å². The molecule has 3 aromatic carbocycles. The van der Waals surface area contributed by atoms with Gasteiger partial charge in [-0.2, -0.15) is 0 Å². The van der Waals surface area contributed by atoms with Crippen molar-refractivity contribution in [1.29, 1.82) is 0 Å². The topological polar surface area (TPSA) is 50.7 Å². The van der Waals surface area contributed by atoms with E-state index < -0.39 is 0 Å². The minimum atomic E-state index is -0.0460. The van der Waals surface area contributed by atoms with Crippen molar-refractivity contribution >= 4 is 17.3 Å². The van der Waals surface area contributed by atoms with Crippen molar-refractivity contribution in [3.63, 3.8) is 0 Å². The molecule has 0 spiro atoms. The lowest BCUT2D eigenvalue weighted by Crippen LogP contribution is -2.00. The molecule has 0 amide bonds. The van der Waals surface area contributed by atoms with Crippen LogP contribution in [0.2, 0.25) is 5.02 Å². The van der Waals surface area contributed by atoms with Gasteiger partial charge in [-0.05, 0) is 54.1 Å². The number of phenolic OH excluding ortho intramolecular Hbond substituents is 1. The summed E-state index contributed by atoms with van der Waals surface area (Å²) in [6, 6.07) is 20.8. The van der Waals surface area contributed by atoms with Crippen LogP contribution in [0.3, 0.4) is 0 Å². The first-order valence-corrected chi connectivity index (χ1v) is 8.16. The van der Waals surface area contributed by atoms with E-state index in [-0.39, 0.29) is 10.8 Å². The molecular formula is C20H18ClNO3. The number of phenols is 1. The van der Waals surface area contributed by atoms with Crippen molar-refractivity contribution in [3.8, 4) is 23.0 Å². The fourth-order valence-electron chi connectivity index (χ4n) is 2.35. The molecule has 0 heterocycles. The highest BCUT2D eigenvalue weighted by atomic mass is 35.5. The Morgan fingerprint density at radius 1 is 0.960 bits per heavy atom. The molecule has 4 nitrogen and oxygen atoms in total. The van der Waals surface area contributed by atoms with Gasteiger partial charge in [0.2, 0.25) is 0 Å². The third-order valence-electron chi connectivity index (χ3n) is 3.64. The Labute approximate surface area is 151 Å². The summed E-state index contributed by atoms with van der Waals surface area (Å²) in [6.07, 6.45) is 0. The SMILES string of the molecule is COc1cc(CNc2ccc(Oc3ccccc3)cc2)cc(Cl)c1O. The maximum Gasteiger partial charge on any atom is 0.176 e. The van der Waals surface area contributed by atoms with Gasteiger partial charge in [0.05, 0.1) is 12.1 Å². The van der Waals surface area contributed by atoms with E-state index in [0.29, 0.717) is 12.3 Å². The highest BCUT2D eigenvalue weighted by molar-refractivity contribution is 6.32. The largest absolute Gasteiger partial charge is 0.503 e. The Hall–Kier alpha value is -2.85. The summed E-state index contributed by atoms with van der Waals surface area (Å²) in [5, 5.41) is 13.3. The molecule has 0 aliphatic heterocycles. The number of anilines is 1. The summed E-state index contributed by atoms with van der Waals surface area (Å²) in [7, 11) is 1.49. The fourth-order valence-corrected chi connectivity index (χ4v) is 2.59. The molecule has 2 N–H and O–H groups in total. The number of aromatic hydroxyl groups is 1. The Morgan fingerprint density at radius 3 is 2.32 bits per heavy atom. The number of ether oxygens (including phenoxy) is 2. The van der Waals surface area contributed by atoms with E-state index in [1.54, 1.807) is 12.1 Å². The molecule has 128 valence electrons. The van der Waals surface area contributed by atoms with E-state index in [1.807, 2.05) is 54.6 Å². The second kappa shape index (κ2) is 7.81. The van der Waals surface area contributed by atoms with Crippen LogP contribution in [0.1, 0.15) is 5.56 Å². The van der Waals surface area contributed by atoms with Gasteiger partial charge in [0, 0.05) is 12.2 Å². The van der Waals surface area contributed by atoms with Gasteiger partial charge >= 0.3 is 0 Å². The molecule has 0 atom stereocenters. The van der Waals surface area contributed by atoms with Gasteiger partial charge in [-0.3, -0.25) is 0 Å². The van der Waals surface area contributed by atoms with Crippen LogP contribution in [0.4, 0.5) is 5.69 Å². The average molecular weight is 356 g/mol. The van der Waals surface area contributed by atoms with Gasteiger partial charge in [0.25, 0.3) is 0 Å². The van der Waals surface area contributed by atoms with Crippen LogP contribution >= 0.6 is 11.6 Å². The van der Waals surface area contributed by atoms with E-state index in [0.717, 1.165) is 22.7 Å². The van der Waals surface area contributed by atoms with Crippen LogP contribution in [0.15, 0.2) is 66.7 Å². The molecule has 0 unspecified atom stereocenters.